The van der Waals surface area contributed by atoms with Gasteiger partial charge >= 0.3 is 49.0 Å². The molecule has 0 aromatic heterocycles. The molecule has 0 spiro atoms. The van der Waals surface area contributed by atoms with Gasteiger partial charge in [0.25, 0.3) is 0 Å². The van der Waals surface area contributed by atoms with Crippen LogP contribution in [0, 0.1) is 6.08 Å². The molecule has 0 N–H and O–H groups in total. The zero-order valence-electron chi connectivity index (χ0n) is 7.93. The molecule has 0 unspecified atom stereocenters. The fourth-order valence-corrected chi connectivity index (χ4v) is 1.25. The molecule has 2 aliphatic rings. The predicted molar refractivity (Wildman–Crippen MR) is 57.3 cm³/mol. The summed E-state index contributed by atoms with van der Waals surface area (Å²) in [6, 6.07) is 0. The molecule has 0 saturated carbocycles. The van der Waals surface area contributed by atoms with Crippen LogP contribution in [0.15, 0.2) is 66.8 Å². The first-order valence-corrected chi connectivity index (χ1v) is 5.43. The van der Waals surface area contributed by atoms with Gasteiger partial charge in [0.2, 0.25) is 0 Å². The topological polar surface area (TPSA) is 0 Å². The molecule has 68 valence electrons. The Morgan fingerprint density at radius 1 is 0.786 bits per heavy atom. The first kappa shape index (κ1) is 11.2. The van der Waals surface area contributed by atoms with Gasteiger partial charge in [-0.2, -0.15) is 0 Å². The SMILES string of the molecule is [C]1=CC=CC=CC=C1.[Ti][CH]1C=CC=C1. The van der Waals surface area contributed by atoms with E-state index in [4.69, 9.17) is 0 Å². The van der Waals surface area contributed by atoms with E-state index in [9.17, 15) is 0 Å². The number of rotatable bonds is 0. The van der Waals surface area contributed by atoms with Crippen molar-refractivity contribution in [1.29, 1.82) is 0 Å². The predicted octanol–water partition coefficient (Wildman–Crippen LogP) is 3.48. The van der Waals surface area contributed by atoms with E-state index in [1.807, 2.05) is 42.5 Å². The van der Waals surface area contributed by atoms with Gasteiger partial charge in [0.15, 0.2) is 0 Å². The molecular formula is C13H12Ti. The summed E-state index contributed by atoms with van der Waals surface area (Å²) in [5, 5.41) is 0. The van der Waals surface area contributed by atoms with E-state index in [1.54, 1.807) is 0 Å². The van der Waals surface area contributed by atoms with Gasteiger partial charge in [-0.3, -0.25) is 0 Å². The summed E-state index contributed by atoms with van der Waals surface area (Å²) < 4.78 is 0.685. The van der Waals surface area contributed by atoms with Gasteiger partial charge < -0.3 is 0 Å². The van der Waals surface area contributed by atoms with Gasteiger partial charge in [0, 0.05) is 0 Å². The van der Waals surface area contributed by atoms with E-state index in [1.165, 1.54) is 0 Å². The Morgan fingerprint density at radius 3 is 2.07 bits per heavy atom. The summed E-state index contributed by atoms with van der Waals surface area (Å²) in [6.45, 7) is 0. The monoisotopic (exact) mass is 216 g/mol. The van der Waals surface area contributed by atoms with Crippen molar-refractivity contribution in [3.63, 3.8) is 0 Å². The zero-order valence-corrected chi connectivity index (χ0v) is 9.49. The van der Waals surface area contributed by atoms with Gasteiger partial charge in [-0.1, -0.05) is 42.5 Å². The van der Waals surface area contributed by atoms with Gasteiger partial charge in [-0.15, -0.1) is 0 Å². The Bertz CT molecular complexity index is 246. The van der Waals surface area contributed by atoms with Gasteiger partial charge in [-0.25, -0.2) is 0 Å². The molecule has 0 aromatic carbocycles. The minimum atomic E-state index is 0.685. The molecule has 0 saturated heterocycles. The van der Waals surface area contributed by atoms with Crippen LogP contribution in [-0.4, -0.2) is 0 Å². The molecule has 0 nitrogen and oxygen atoms in total. The summed E-state index contributed by atoms with van der Waals surface area (Å²) in [4.78, 5) is 0. The van der Waals surface area contributed by atoms with Crippen LogP contribution >= 0.6 is 0 Å². The van der Waals surface area contributed by atoms with Gasteiger partial charge in [0.1, 0.15) is 0 Å². The average molecular weight is 216 g/mol. The second-order valence-electron chi connectivity index (χ2n) is 2.76. The van der Waals surface area contributed by atoms with Crippen molar-refractivity contribution in [2.24, 2.45) is 0 Å². The van der Waals surface area contributed by atoms with Crippen molar-refractivity contribution in [2.45, 2.75) is 4.22 Å². The van der Waals surface area contributed by atoms with Gasteiger partial charge in [0.05, 0.1) is 0 Å². The van der Waals surface area contributed by atoms with Crippen molar-refractivity contribution in [3.05, 3.63) is 72.9 Å². The van der Waals surface area contributed by atoms with Crippen LogP contribution in [0.1, 0.15) is 0 Å². The van der Waals surface area contributed by atoms with Crippen LogP contribution in [-0.2, 0) is 20.4 Å². The second-order valence-corrected chi connectivity index (χ2v) is 3.80. The van der Waals surface area contributed by atoms with Crippen LogP contribution in [0.2, 0.25) is 4.22 Å². The molecule has 14 heavy (non-hydrogen) atoms. The summed E-state index contributed by atoms with van der Waals surface area (Å²) in [7, 11) is 0. The quantitative estimate of drug-likeness (QED) is 0.544. The first-order valence-electron chi connectivity index (χ1n) is 4.53. The molecule has 1 heteroatoms. The molecule has 0 bridgehead atoms. The Hall–Kier alpha value is -0.846. The molecular weight excluding hydrogens is 204 g/mol. The van der Waals surface area contributed by atoms with Crippen LogP contribution < -0.4 is 0 Å². The fourth-order valence-electron chi connectivity index (χ4n) is 0.902. The molecule has 0 atom stereocenters. The third-order valence-electron chi connectivity index (χ3n) is 1.58. The van der Waals surface area contributed by atoms with E-state index < -0.39 is 0 Å². The van der Waals surface area contributed by atoms with E-state index in [-0.39, 0.29) is 0 Å². The second kappa shape index (κ2) is 7.55. The summed E-state index contributed by atoms with van der Waals surface area (Å²) >= 11 is 2.17. The van der Waals surface area contributed by atoms with E-state index in [0.717, 1.165) is 0 Å². The molecule has 0 fully saturated rings. The van der Waals surface area contributed by atoms with Crippen LogP contribution in [0.25, 0.3) is 0 Å². The normalized spacial score (nSPS) is 17.6. The van der Waals surface area contributed by atoms with Crippen LogP contribution in [0.4, 0.5) is 0 Å². The van der Waals surface area contributed by atoms with Crippen molar-refractivity contribution >= 4 is 0 Å². The number of hydrogen-bond acceptors (Lipinski definition) is 0. The standard InChI is InChI=1S/C8H7.C5H5.Ti/c1-2-4-6-8-7-5-3-1;1-2-4-5-3-1;/h1-7H;1-5H;. The maximum absolute atomic E-state index is 2.94. The molecule has 2 rings (SSSR count). The van der Waals surface area contributed by atoms with E-state index in [2.05, 4.69) is 50.8 Å². The molecule has 0 amide bonds. The molecule has 0 aliphatic heterocycles. The third kappa shape index (κ3) is 5.74. The molecule has 0 aromatic rings. The van der Waals surface area contributed by atoms with Crippen LogP contribution in [0.5, 0.6) is 0 Å². The fraction of sp³-hybridized carbons (Fsp3) is 0.0769. The minimum absolute atomic E-state index is 0.685. The van der Waals surface area contributed by atoms with Gasteiger partial charge in [-0.05, 0) is 6.08 Å². The molecule has 0 heterocycles. The Labute approximate surface area is 97.5 Å². The number of hydrogen-bond donors (Lipinski definition) is 0. The maximum atomic E-state index is 2.94. The summed E-state index contributed by atoms with van der Waals surface area (Å²) in [5.41, 5.74) is 0. The van der Waals surface area contributed by atoms with Crippen molar-refractivity contribution in [1.82, 2.24) is 0 Å². The summed E-state index contributed by atoms with van der Waals surface area (Å²) in [6.07, 6.45) is 25.0. The Kier molecular flexibility index (Phi) is 6.05. The average Bonchev–Trinajstić information content (AvgIpc) is 2.55. The van der Waals surface area contributed by atoms with Crippen molar-refractivity contribution in [3.8, 4) is 0 Å². The first-order chi connectivity index (χ1) is 6.89. The van der Waals surface area contributed by atoms with E-state index in [0.29, 0.717) is 4.22 Å². The molecule has 1 radical (unpaired) electrons. The molecule has 2 aliphatic carbocycles. The summed E-state index contributed by atoms with van der Waals surface area (Å²) in [5.74, 6) is 0. The number of allylic oxidation sites excluding steroid dienone is 12. The van der Waals surface area contributed by atoms with Crippen molar-refractivity contribution < 1.29 is 20.4 Å². The van der Waals surface area contributed by atoms with Crippen molar-refractivity contribution in [2.75, 3.05) is 0 Å². The van der Waals surface area contributed by atoms with E-state index >= 15 is 0 Å². The third-order valence-corrected chi connectivity index (χ3v) is 2.18. The Morgan fingerprint density at radius 2 is 1.43 bits per heavy atom. The Balaban J connectivity index is 0.000000146. The zero-order chi connectivity index (χ0) is 10.1. The van der Waals surface area contributed by atoms with Crippen LogP contribution in [0.3, 0.4) is 0 Å².